The number of methoxy groups -OCH3 is 1. The molecule has 23 heavy (non-hydrogen) atoms. The van der Waals surface area contributed by atoms with Gasteiger partial charge in [0.15, 0.2) is 0 Å². The summed E-state index contributed by atoms with van der Waals surface area (Å²) in [5, 5.41) is 8.63. The Morgan fingerprint density at radius 1 is 1.04 bits per heavy atom. The largest absolute Gasteiger partial charge is 0.383 e. The second kappa shape index (κ2) is 13.3. The molecule has 2 amide bonds. The minimum atomic E-state index is -0.179. The zero-order valence-corrected chi connectivity index (χ0v) is 15.5. The molecule has 130 valence electrons. The molecule has 1 aromatic rings. The highest BCUT2D eigenvalue weighted by molar-refractivity contribution is 9.10. The summed E-state index contributed by atoms with van der Waals surface area (Å²) in [7, 11) is 1.64. The molecule has 8 heteroatoms. The molecular formula is C15H23BrClN3O3. The maximum Gasteiger partial charge on any atom is 0.251 e. The fourth-order valence-corrected chi connectivity index (χ4v) is 1.94. The van der Waals surface area contributed by atoms with Crippen molar-refractivity contribution in [3.8, 4) is 0 Å². The van der Waals surface area contributed by atoms with Crippen LogP contribution >= 0.6 is 28.3 Å². The first-order chi connectivity index (χ1) is 10.6. The van der Waals surface area contributed by atoms with Gasteiger partial charge in [0.2, 0.25) is 5.91 Å². The van der Waals surface area contributed by atoms with E-state index >= 15 is 0 Å². The summed E-state index contributed by atoms with van der Waals surface area (Å²) in [5.41, 5.74) is 0.575. The van der Waals surface area contributed by atoms with Crippen LogP contribution in [-0.2, 0) is 9.53 Å². The van der Waals surface area contributed by atoms with Gasteiger partial charge in [-0.3, -0.25) is 9.59 Å². The van der Waals surface area contributed by atoms with Gasteiger partial charge < -0.3 is 20.7 Å². The van der Waals surface area contributed by atoms with E-state index in [1.54, 1.807) is 31.4 Å². The minimum absolute atomic E-state index is 0. The molecule has 0 aromatic heterocycles. The van der Waals surface area contributed by atoms with E-state index in [9.17, 15) is 9.59 Å². The molecule has 0 aliphatic heterocycles. The van der Waals surface area contributed by atoms with E-state index in [1.165, 1.54) is 0 Å². The molecule has 0 bridgehead atoms. The Kier molecular flexibility index (Phi) is 12.6. The van der Waals surface area contributed by atoms with Gasteiger partial charge in [0.1, 0.15) is 0 Å². The molecule has 1 aromatic carbocycles. The fraction of sp³-hybridized carbons (Fsp3) is 0.467. The fourth-order valence-electron chi connectivity index (χ4n) is 1.67. The molecule has 0 fully saturated rings. The van der Waals surface area contributed by atoms with Crippen molar-refractivity contribution in [1.29, 1.82) is 0 Å². The third kappa shape index (κ3) is 10.3. The highest BCUT2D eigenvalue weighted by Crippen LogP contribution is 2.10. The Hall–Kier alpha value is -1.15. The number of hydrogen-bond acceptors (Lipinski definition) is 4. The quantitative estimate of drug-likeness (QED) is 0.511. The second-order valence-electron chi connectivity index (χ2n) is 4.61. The van der Waals surface area contributed by atoms with Crippen molar-refractivity contribution < 1.29 is 14.3 Å². The predicted octanol–water partition coefficient (Wildman–Crippen LogP) is 1.34. The summed E-state index contributed by atoms with van der Waals surface area (Å²) in [6.45, 7) is 2.98. The summed E-state index contributed by atoms with van der Waals surface area (Å²) in [4.78, 5) is 23.4. The van der Waals surface area contributed by atoms with Crippen LogP contribution in [0.2, 0.25) is 0 Å². The van der Waals surface area contributed by atoms with Crippen molar-refractivity contribution in [2.45, 2.75) is 6.42 Å². The molecule has 0 spiro atoms. The molecular weight excluding hydrogens is 386 g/mol. The smallest absolute Gasteiger partial charge is 0.251 e. The summed E-state index contributed by atoms with van der Waals surface area (Å²) >= 11 is 3.31. The van der Waals surface area contributed by atoms with E-state index in [4.69, 9.17) is 4.74 Å². The highest BCUT2D eigenvalue weighted by atomic mass is 79.9. The molecule has 0 radical (unpaired) electrons. The van der Waals surface area contributed by atoms with Gasteiger partial charge in [0, 0.05) is 49.7 Å². The molecule has 0 saturated heterocycles. The minimum Gasteiger partial charge on any atom is -0.383 e. The lowest BCUT2D eigenvalue weighted by molar-refractivity contribution is -0.120. The molecule has 0 aliphatic carbocycles. The molecule has 0 heterocycles. The number of amides is 2. The highest BCUT2D eigenvalue weighted by Gasteiger charge is 2.06. The monoisotopic (exact) mass is 407 g/mol. The van der Waals surface area contributed by atoms with Crippen molar-refractivity contribution in [3.05, 3.63) is 34.3 Å². The number of nitrogens with one attached hydrogen (secondary N) is 3. The van der Waals surface area contributed by atoms with Crippen LogP contribution < -0.4 is 16.0 Å². The number of hydrogen-bond donors (Lipinski definition) is 3. The number of ether oxygens (including phenoxy) is 1. The molecule has 1 rings (SSSR count). The second-order valence-corrected chi connectivity index (χ2v) is 5.52. The van der Waals surface area contributed by atoms with Gasteiger partial charge in [-0.25, -0.2) is 0 Å². The maximum atomic E-state index is 11.8. The maximum absolute atomic E-state index is 11.8. The van der Waals surface area contributed by atoms with Crippen molar-refractivity contribution >= 4 is 40.2 Å². The van der Waals surface area contributed by atoms with Crippen LogP contribution in [-0.4, -0.2) is 51.7 Å². The van der Waals surface area contributed by atoms with Gasteiger partial charge >= 0.3 is 0 Å². The molecule has 3 N–H and O–H groups in total. The Labute approximate surface area is 151 Å². The molecule has 0 atom stereocenters. The average Bonchev–Trinajstić information content (AvgIpc) is 2.51. The van der Waals surface area contributed by atoms with Gasteiger partial charge in [-0.15, -0.1) is 12.4 Å². The Balaban J connectivity index is 0.00000484. The zero-order valence-electron chi connectivity index (χ0n) is 13.1. The lowest BCUT2D eigenvalue weighted by Crippen LogP contribution is -2.35. The topological polar surface area (TPSA) is 79.5 Å². The summed E-state index contributed by atoms with van der Waals surface area (Å²) < 4.78 is 5.81. The summed E-state index contributed by atoms with van der Waals surface area (Å²) in [6, 6.07) is 7.06. The van der Waals surface area contributed by atoms with E-state index in [0.29, 0.717) is 31.8 Å². The van der Waals surface area contributed by atoms with Gasteiger partial charge in [0.05, 0.1) is 6.61 Å². The van der Waals surface area contributed by atoms with E-state index in [-0.39, 0.29) is 30.6 Å². The van der Waals surface area contributed by atoms with Gasteiger partial charge in [-0.2, -0.15) is 0 Å². The standard InChI is InChI=1S/C15H22BrN3O3.ClH/c1-22-11-10-17-8-9-18-14(20)6-7-19-15(21)12-2-4-13(16)5-3-12;/h2-5,17H,6-11H2,1H3,(H,18,20)(H,19,21);1H. The predicted molar refractivity (Wildman–Crippen MR) is 96.1 cm³/mol. The molecule has 0 unspecified atom stereocenters. The number of carbonyl (C=O) groups is 2. The van der Waals surface area contributed by atoms with Crippen LogP contribution in [0.3, 0.4) is 0 Å². The van der Waals surface area contributed by atoms with Crippen molar-refractivity contribution in [2.24, 2.45) is 0 Å². The van der Waals surface area contributed by atoms with E-state index in [2.05, 4.69) is 31.9 Å². The summed E-state index contributed by atoms with van der Waals surface area (Å²) in [6.07, 6.45) is 0.264. The SMILES string of the molecule is COCCNCCNC(=O)CCNC(=O)c1ccc(Br)cc1.Cl. The average molecular weight is 409 g/mol. The molecule has 0 saturated carbocycles. The molecule has 0 aliphatic rings. The van der Waals surface area contributed by atoms with Crippen LogP contribution in [0.25, 0.3) is 0 Å². The van der Waals surface area contributed by atoms with Crippen LogP contribution in [0, 0.1) is 0 Å². The normalized spacial score (nSPS) is 9.83. The van der Waals surface area contributed by atoms with E-state index < -0.39 is 0 Å². The molecule has 6 nitrogen and oxygen atoms in total. The van der Waals surface area contributed by atoms with Crippen LogP contribution in [0.1, 0.15) is 16.8 Å². The third-order valence-electron chi connectivity index (χ3n) is 2.85. The lowest BCUT2D eigenvalue weighted by Gasteiger charge is -2.08. The van der Waals surface area contributed by atoms with Gasteiger partial charge in [-0.05, 0) is 24.3 Å². The number of rotatable bonds is 10. The van der Waals surface area contributed by atoms with Crippen molar-refractivity contribution in [2.75, 3.05) is 39.9 Å². The zero-order chi connectivity index (χ0) is 16.2. The van der Waals surface area contributed by atoms with Crippen molar-refractivity contribution in [1.82, 2.24) is 16.0 Å². The van der Waals surface area contributed by atoms with Gasteiger partial charge in [0.25, 0.3) is 5.91 Å². The first kappa shape index (κ1) is 21.9. The van der Waals surface area contributed by atoms with Crippen LogP contribution in [0.15, 0.2) is 28.7 Å². The Morgan fingerprint density at radius 2 is 1.74 bits per heavy atom. The first-order valence-corrected chi connectivity index (χ1v) is 7.93. The van der Waals surface area contributed by atoms with Gasteiger partial charge in [-0.1, -0.05) is 15.9 Å². The Bertz CT molecular complexity index is 472. The van der Waals surface area contributed by atoms with E-state index in [0.717, 1.165) is 11.0 Å². The van der Waals surface area contributed by atoms with Crippen molar-refractivity contribution in [3.63, 3.8) is 0 Å². The van der Waals surface area contributed by atoms with E-state index in [1.807, 2.05) is 0 Å². The number of carbonyl (C=O) groups excluding carboxylic acids is 2. The lowest BCUT2D eigenvalue weighted by atomic mass is 10.2. The third-order valence-corrected chi connectivity index (χ3v) is 3.38. The number of benzene rings is 1. The Morgan fingerprint density at radius 3 is 2.39 bits per heavy atom. The first-order valence-electron chi connectivity index (χ1n) is 7.13. The van der Waals surface area contributed by atoms with Crippen LogP contribution in [0.4, 0.5) is 0 Å². The number of halogens is 2. The van der Waals surface area contributed by atoms with Crippen LogP contribution in [0.5, 0.6) is 0 Å². The summed E-state index contributed by atoms with van der Waals surface area (Å²) in [5.74, 6) is -0.258.